The van der Waals surface area contributed by atoms with Gasteiger partial charge in [0.25, 0.3) is 11.6 Å². The average Bonchev–Trinajstić information content (AvgIpc) is 3.19. The van der Waals surface area contributed by atoms with Crippen molar-refractivity contribution >= 4 is 54.2 Å². The Hall–Kier alpha value is -2.40. The zero-order chi connectivity index (χ0) is 22.7. The van der Waals surface area contributed by atoms with Crippen LogP contribution >= 0.6 is 27.3 Å². The Balaban J connectivity index is 1.63. The van der Waals surface area contributed by atoms with Crippen LogP contribution in [0.2, 0.25) is 0 Å². The Bertz CT molecular complexity index is 1150. The highest BCUT2D eigenvalue weighted by Gasteiger charge is 2.26. The number of carbonyl (C=O) groups is 1. The van der Waals surface area contributed by atoms with E-state index in [1.165, 1.54) is 17.4 Å². The minimum absolute atomic E-state index is 0.0580. The fourth-order valence-electron chi connectivity index (χ4n) is 3.76. The number of fused-ring (bicyclic) bond motifs is 1. The van der Waals surface area contributed by atoms with Gasteiger partial charge in [-0.1, -0.05) is 33.3 Å². The van der Waals surface area contributed by atoms with Crippen LogP contribution in [0.4, 0.5) is 10.8 Å². The number of nitrogens with zero attached hydrogens (tertiary/aromatic N) is 4. The highest BCUT2D eigenvalue weighted by atomic mass is 79.9. The average molecular weight is 519 g/mol. The normalized spacial score (nSPS) is 14.6. The molecule has 0 N–H and O–H groups in total. The van der Waals surface area contributed by atoms with E-state index >= 15 is 0 Å². The molecule has 1 saturated heterocycles. The predicted molar refractivity (Wildman–Crippen MR) is 129 cm³/mol. The highest BCUT2D eigenvalue weighted by Crippen LogP contribution is 2.32. The van der Waals surface area contributed by atoms with Crippen molar-refractivity contribution in [2.75, 3.05) is 44.3 Å². The smallest absolute Gasteiger partial charge is 0.273 e. The second-order valence-electron chi connectivity index (χ2n) is 7.58. The van der Waals surface area contributed by atoms with Gasteiger partial charge < -0.3 is 4.74 Å². The molecule has 0 saturated carbocycles. The molecule has 3 aromatic rings. The molecule has 0 aliphatic carbocycles. The molecule has 0 radical (unpaired) electrons. The third-order valence-electron chi connectivity index (χ3n) is 5.51. The van der Waals surface area contributed by atoms with E-state index in [2.05, 4.69) is 25.8 Å². The number of benzene rings is 2. The molecule has 168 valence electrons. The highest BCUT2D eigenvalue weighted by molar-refractivity contribution is 9.10. The summed E-state index contributed by atoms with van der Waals surface area (Å²) < 4.78 is 7.32. The quantitative estimate of drug-likeness (QED) is 0.334. The lowest BCUT2D eigenvalue weighted by atomic mass is 10.1. The van der Waals surface area contributed by atoms with Crippen LogP contribution in [-0.2, 0) is 4.74 Å². The predicted octanol–water partition coefficient (Wildman–Crippen LogP) is 4.64. The second kappa shape index (κ2) is 10.0. The van der Waals surface area contributed by atoms with Crippen LogP contribution in [-0.4, -0.2) is 60.1 Å². The van der Waals surface area contributed by atoms with E-state index in [9.17, 15) is 14.9 Å². The molecule has 1 aliphatic heterocycles. The molecule has 0 bridgehead atoms. The van der Waals surface area contributed by atoms with Gasteiger partial charge in [-0.3, -0.25) is 24.7 Å². The van der Waals surface area contributed by atoms with Crippen LogP contribution in [0, 0.1) is 17.0 Å². The minimum atomic E-state index is -0.454. The molecule has 8 nitrogen and oxygen atoms in total. The first-order valence-electron chi connectivity index (χ1n) is 10.4. The maximum atomic E-state index is 13.6. The minimum Gasteiger partial charge on any atom is -0.379 e. The van der Waals surface area contributed by atoms with Crippen LogP contribution in [0.25, 0.3) is 10.2 Å². The third kappa shape index (κ3) is 4.98. The van der Waals surface area contributed by atoms with E-state index in [0.29, 0.717) is 22.8 Å². The van der Waals surface area contributed by atoms with Crippen molar-refractivity contribution in [1.29, 1.82) is 0 Å². The van der Waals surface area contributed by atoms with E-state index in [-0.39, 0.29) is 11.6 Å². The number of thiazole rings is 1. The topological polar surface area (TPSA) is 88.8 Å². The fourth-order valence-corrected chi connectivity index (χ4v) is 5.30. The van der Waals surface area contributed by atoms with Gasteiger partial charge in [0.15, 0.2) is 5.13 Å². The van der Waals surface area contributed by atoms with Crippen molar-refractivity contribution in [3.63, 3.8) is 0 Å². The number of anilines is 1. The lowest BCUT2D eigenvalue weighted by molar-refractivity contribution is -0.385. The molecule has 1 fully saturated rings. The third-order valence-corrected chi connectivity index (χ3v) is 7.04. The van der Waals surface area contributed by atoms with E-state index in [1.807, 2.05) is 18.2 Å². The molecule has 1 amide bonds. The number of nitro benzene ring substituents is 1. The maximum Gasteiger partial charge on any atom is 0.273 e. The van der Waals surface area contributed by atoms with Crippen molar-refractivity contribution in [2.45, 2.75) is 13.3 Å². The van der Waals surface area contributed by atoms with Gasteiger partial charge in [-0.2, -0.15) is 0 Å². The number of halogens is 1. The fraction of sp³-hybridized carbons (Fsp3) is 0.364. The Morgan fingerprint density at radius 2 is 2.09 bits per heavy atom. The number of morpholine rings is 1. The van der Waals surface area contributed by atoms with E-state index in [4.69, 9.17) is 4.74 Å². The van der Waals surface area contributed by atoms with Gasteiger partial charge in [-0.15, -0.1) is 0 Å². The SMILES string of the molecule is Cc1c(C(=O)N(CCCN2CCOCC2)c2nc3ccc(Br)cc3s2)cccc1[N+](=O)[O-]. The molecule has 10 heteroatoms. The number of rotatable bonds is 7. The first kappa shape index (κ1) is 22.8. The molecule has 0 unspecified atom stereocenters. The summed E-state index contributed by atoms with van der Waals surface area (Å²) in [6.07, 6.45) is 0.763. The largest absolute Gasteiger partial charge is 0.379 e. The summed E-state index contributed by atoms with van der Waals surface area (Å²) in [5.74, 6) is -0.272. The van der Waals surface area contributed by atoms with Crippen LogP contribution < -0.4 is 4.90 Å². The zero-order valence-corrected chi connectivity index (χ0v) is 20.0. The molecule has 32 heavy (non-hydrogen) atoms. The Morgan fingerprint density at radius 3 is 2.84 bits per heavy atom. The van der Waals surface area contributed by atoms with Gasteiger partial charge in [-0.25, -0.2) is 4.98 Å². The maximum absolute atomic E-state index is 13.6. The lowest BCUT2D eigenvalue weighted by Crippen LogP contribution is -2.39. The summed E-state index contributed by atoms with van der Waals surface area (Å²) in [6, 6.07) is 10.4. The summed E-state index contributed by atoms with van der Waals surface area (Å²) in [4.78, 5) is 33.2. The molecule has 2 aromatic carbocycles. The zero-order valence-electron chi connectivity index (χ0n) is 17.6. The first-order valence-corrected chi connectivity index (χ1v) is 12.0. The molecule has 1 aliphatic rings. The van der Waals surface area contributed by atoms with Gasteiger partial charge in [-0.05, 0) is 37.6 Å². The van der Waals surface area contributed by atoms with Crippen molar-refractivity contribution in [2.24, 2.45) is 0 Å². The molecule has 0 atom stereocenters. The Labute approximate surface area is 198 Å². The summed E-state index contributed by atoms with van der Waals surface area (Å²) in [7, 11) is 0. The van der Waals surface area contributed by atoms with Gasteiger partial charge in [0.05, 0.1) is 28.4 Å². The number of amides is 1. The summed E-state index contributed by atoms with van der Waals surface area (Å²) >= 11 is 4.92. The van der Waals surface area contributed by atoms with Crippen molar-refractivity contribution in [3.05, 3.63) is 62.1 Å². The van der Waals surface area contributed by atoms with Gasteiger partial charge in [0.1, 0.15) is 0 Å². The number of aromatic nitrogens is 1. The number of nitro groups is 1. The van der Waals surface area contributed by atoms with E-state index in [1.54, 1.807) is 24.0 Å². The van der Waals surface area contributed by atoms with E-state index in [0.717, 1.165) is 54.0 Å². The lowest BCUT2D eigenvalue weighted by Gasteiger charge is -2.28. The monoisotopic (exact) mass is 518 g/mol. The van der Waals surface area contributed by atoms with Crippen LogP contribution in [0.1, 0.15) is 22.3 Å². The van der Waals surface area contributed by atoms with Crippen LogP contribution in [0.3, 0.4) is 0 Å². The number of carbonyl (C=O) groups excluding carboxylic acids is 1. The van der Waals surface area contributed by atoms with Gasteiger partial charge >= 0.3 is 0 Å². The van der Waals surface area contributed by atoms with Crippen molar-refractivity contribution in [3.8, 4) is 0 Å². The molecule has 4 rings (SSSR count). The van der Waals surface area contributed by atoms with Crippen LogP contribution in [0.5, 0.6) is 0 Å². The summed E-state index contributed by atoms with van der Waals surface area (Å²) in [5, 5.41) is 12.0. The number of ether oxygens (including phenoxy) is 1. The molecule has 1 aromatic heterocycles. The molecule has 2 heterocycles. The van der Waals surface area contributed by atoms with Gasteiger partial charge in [0, 0.05) is 47.8 Å². The van der Waals surface area contributed by atoms with Crippen molar-refractivity contribution < 1.29 is 14.5 Å². The molecular weight excluding hydrogens is 496 g/mol. The standard InChI is InChI=1S/C22H23BrN4O4S/c1-15-17(4-2-5-19(15)27(29)30)21(28)26(9-3-8-25-10-12-31-13-11-25)22-24-18-7-6-16(23)14-20(18)32-22/h2,4-7,14H,3,8-13H2,1H3. The Morgan fingerprint density at radius 1 is 1.31 bits per heavy atom. The second-order valence-corrected chi connectivity index (χ2v) is 9.50. The molecular formula is C22H23BrN4O4S. The first-order chi connectivity index (χ1) is 15.4. The number of hydrogen-bond donors (Lipinski definition) is 0. The summed E-state index contributed by atoms with van der Waals surface area (Å²) in [6.45, 7) is 6.15. The summed E-state index contributed by atoms with van der Waals surface area (Å²) in [5.41, 5.74) is 1.45. The Kier molecular flexibility index (Phi) is 7.14. The molecule has 0 spiro atoms. The van der Waals surface area contributed by atoms with E-state index < -0.39 is 4.92 Å². The van der Waals surface area contributed by atoms with Crippen LogP contribution in [0.15, 0.2) is 40.9 Å². The number of hydrogen-bond acceptors (Lipinski definition) is 7. The van der Waals surface area contributed by atoms with Crippen molar-refractivity contribution in [1.82, 2.24) is 9.88 Å². The van der Waals surface area contributed by atoms with Gasteiger partial charge in [0.2, 0.25) is 0 Å².